The summed E-state index contributed by atoms with van der Waals surface area (Å²) >= 11 is 0. The summed E-state index contributed by atoms with van der Waals surface area (Å²) in [7, 11) is -4.14. The Kier molecular flexibility index (Phi) is 23.4. The molecule has 2 unspecified atom stereocenters. The normalized spacial score (nSPS) is 13.9. The van der Waals surface area contributed by atoms with Crippen molar-refractivity contribution >= 4 is 10.1 Å². The van der Waals surface area contributed by atoms with E-state index in [1.807, 2.05) is 6.92 Å². The van der Waals surface area contributed by atoms with Gasteiger partial charge in [0.2, 0.25) is 0 Å². The van der Waals surface area contributed by atoms with Gasteiger partial charge >= 0.3 is 29.6 Å². The number of rotatable bonds is 20. The summed E-state index contributed by atoms with van der Waals surface area (Å²) < 4.78 is 33.8. The van der Waals surface area contributed by atoms with E-state index in [4.69, 9.17) is 0 Å². The molecule has 0 aliphatic carbocycles. The van der Waals surface area contributed by atoms with Gasteiger partial charge in [-0.1, -0.05) is 104 Å². The van der Waals surface area contributed by atoms with Crippen LogP contribution in [0.1, 0.15) is 129 Å². The third-order valence-corrected chi connectivity index (χ3v) is 6.78. The first kappa shape index (κ1) is 31.1. The van der Waals surface area contributed by atoms with Gasteiger partial charge in [-0.2, -0.15) is 0 Å². The van der Waals surface area contributed by atoms with Gasteiger partial charge in [0.05, 0.1) is 16.2 Å². The van der Waals surface area contributed by atoms with Crippen molar-refractivity contribution in [3.05, 3.63) is 0 Å². The number of hydrogen-bond acceptors (Lipinski definition) is 4. The molecule has 0 amide bonds. The van der Waals surface area contributed by atoms with Crippen LogP contribution in [0.5, 0.6) is 0 Å². The zero-order chi connectivity index (χ0) is 20.4. The van der Waals surface area contributed by atoms with Gasteiger partial charge < -0.3 is 9.66 Å². The summed E-state index contributed by atoms with van der Waals surface area (Å²) in [6, 6.07) is 0. The van der Waals surface area contributed by atoms with E-state index in [1.54, 1.807) is 0 Å². The molecule has 28 heavy (non-hydrogen) atoms. The van der Waals surface area contributed by atoms with Crippen LogP contribution in [0.15, 0.2) is 0 Å². The minimum Gasteiger partial charge on any atom is -0.748 e. The van der Waals surface area contributed by atoms with Crippen molar-refractivity contribution in [2.24, 2.45) is 0 Å². The minimum atomic E-state index is -4.14. The Hall–Kier alpha value is 0.870. The van der Waals surface area contributed by atoms with E-state index in [9.17, 15) is 18.1 Å². The van der Waals surface area contributed by atoms with E-state index in [0.717, 1.165) is 70.6 Å². The predicted molar refractivity (Wildman–Crippen MR) is 114 cm³/mol. The van der Waals surface area contributed by atoms with Gasteiger partial charge in [-0.15, -0.1) is 0 Å². The molecule has 0 aromatic carbocycles. The number of hydrogen-bond donors (Lipinski definition) is 1. The van der Waals surface area contributed by atoms with Crippen molar-refractivity contribution in [3.8, 4) is 0 Å². The van der Waals surface area contributed by atoms with Crippen LogP contribution >= 0.6 is 0 Å². The molecule has 0 saturated carbocycles. The van der Waals surface area contributed by atoms with Gasteiger partial charge in [-0.25, -0.2) is 8.42 Å². The SMILES string of the molecule is CCCCCCCCC(O)CCCCCCCCC(CCCC)S(=O)(=O)[O-].[Na+]. The molecular weight excluding hydrogens is 383 g/mol. The maximum absolute atomic E-state index is 11.3. The number of aliphatic hydroxyl groups excluding tert-OH is 1. The van der Waals surface area contributed by atoms with Crippen LogP contribution in [-0.4, -0.2) is 29.4 Å². The van der Waals surface area contributed by atoms with Gasteiger partial charge in [0.25, 0.3) is 0 Å². The smallest absolute Gasteiger partial charge is 0.748 e. The van der Waals surface area contributed by atoms with Crippen molar-refractivity contribution in [3.63, 3.8) is 0 Å². The Bertz CT molecular complexity index is 415. The second-order valence-electron chi connectivity index (χ2n) is 8.17. The molecule has 6 heteroatoms. The molecule has 1 N–H and O–H groups in total. The van der Waals surface area contributed by atoms with Gasteiger partial charge in [0.1, 0.15) is 0 Å². The van der Waals surface area contributed by atoms with Gasteiger partial charge in [0.15, 0.2) is 0 Å². The van der Waals surface area contributed by atoms with Gasteiger partial charge in [-0.3, -0.25) is 0 Å². The Labute approximate surface area is 197 Å². The fraction of sp³-hybridized carbons (Fsp3) is 1.00. The molecule has 4 nitrogen and oxygen atoms in total. The molecule has 0 radical (unpaired) electrons. The van der Waals surface area contributed by atoms with Gasteiger partial charge in [-0.05, 0) is 25.7 Å². The molecular formula is C22H45NaO4S. The summed E-state index contributed by atoms with van der Waals surface area (Å²) in [4.78, 5) is 0. The van der Waals surface area contributed by atoms with E-state index in [-0.39, 0.29) is 35.7 Å². The van der Waals surface area contributed by atoms with Crippen LogP contribution in [-0.2, 0) is 10.1 Å². The Morgan fingerprint density at radius 1 is 0.643 bits per heavy atom. The third-order valence-electron chi connectivity index (χ3n) is 5.49. The van der Waals surface area contributed by atoms with E-state index >= 15 is 0 Å². The molecule has 0 rings (SSSR count). The molecule has 0 spiro atoms. The molecule has 0 fully saturated rings. The second-order valence-corrected chi connectivity index (χ2v) is 9.82. The summed E-state index contributed by atoms with van der Waals surface area (Å²) in [5.41, 5.74) is 0. The quantitative estimate of drug-likeness (QED) is 0.183. The maximum atomic E-state index is 11.3. The maximum Gasteiger partial charge on any atom is 1.00 e. The zero-order valence-corrected chi connectivity index (χ0v) is 21.8. The molecule has 0 aromatic rings. The monoisotopic (exact) mass is 428 g/mol. The fourth-order valence-electron chi connectivity index (χ4n) is 3.63. The summed E-state index contributed by atoms with van der Waals surface area (Å²) in [5, 5.41) is 9.33. The molecule has 0 saturated heterocycles. The van der Waals surface area contributed by atoms with E-state index in [0.29, 0.717) is 12.8 Å². The molecule has 164 valence electrons. The first-order chi connectivity index (χ1) is 12.9. The van der Waals surface area contributed by atoms with Crippen molar-refractivity contribution in [1.29, 1.82) is 0 Å². The Balaban J connectivity index is 0. The Morgan fingerprint density at radius 2 is 1.00 bits per heavy atom. The topological polar surface area (TPSA) is 77.4 Å². The van der Waals surface area contributed by atoms with Crippen molar-refractivity contribution in [1.82, 2.24) is 0 Å². The van der Waals surface area contributed by atoms with E-state index in [2.05, 4.69) is 6.92 Å². The number of aliphatic hydroxyl groups is 1. The van der Waals surface area contributed by atoms with Crippen LogP contribution in [0, 0.1) is 0 Å². The molecule has 0 bridgehead atoms. The first-order valence-corrected chi connectivity index (χ1v) is 13.0. The van der Waals surface area contributed by atoms with Crippen LogP contribution in [0.2, 0.25) is 0 Å². The molecule has 0 aliphatic rings. The molecule has 0 heterocycles. The summed E-state index contributed by atoms with van der Waals surface area (Å²) in [5.74, 6) is 0. The standard InChI is InChI=1S/C22H46O4S.Na/c1-3-5-7-8-11-14-17-21(23)18-15-12-9-10-13-16-20-22(19-6-4-2)27(24,25)26;/h21-23H,3-20H2,1-2H3,(H,24,25,26);/q;+1/p-1. The van der Waals surface area contributed by atoms with E-state index in [1.165, 1.54) is 32.1 Å². The summed E-state index contributed by atoms with van der Waals surface area (Å²) in [6.45, 7) is 4.24. The molecule has 0 aliphatic heterocycles. The first-order valence-electron chi connectivity index (χ1n) is 11.5. The minimum absolute atomic E-state index is 0. The molecule has 2 atom stereocenters. The van der Waals surface area contributed by atoms with Crippen molar-refractivity contribution in [2.45, 2.75) is 141 Å². The molecule has 0 aromatic heterocycles. The predicted octanol–water partition coefficient (Wildman–Crippen LogP) is 3.33. The fourth-order valence-corrected chi connectivity index (χ4v) is 4.54. The van der Waals surface area contributed by atoms with E-state index < -0.39 is 15.4 Å². The second kappa shape index (κ2) is 21.1. The van der Waals surface area contributed by atoms with Crippen LogP contribution in [0.3, 0.4) is 0 Å². The average molecular weight is 429 g/mol. The largest absolute Gasteiger partial charge is 1.00 e. The average Bonchev–Trinajstić information content (AvgIpc) is 2.61. The van der Waals surface area contributed by atoms with Gasteiger partial charge in [0, 0.05) is 5.25 Å². The van der Waals surface area contributed by atoms with Crippen LogP contribution < -0.4 is 29.6 Å². The van der Waals surface area contributed by atoms with Crippen molar-refractivity contribution < 1.29 is 47.6 Å². The number of unbranched alkanes of at least 4 members (excludes halogenated alkanes) is 11. The zero-order valence-electron chi connectivity index (χ0n) is 19.0. The van der Waals surface area contributed by atoms with Crippen LogP contribution in [0.25, 0.3) is 0 Å². The van der Waals surface area contributed by atoms with Crippen LogP contribution in [0.4, 0.5) is 0 Å². The van der Waals surface area contributed by atoms with Crippen molar-refractivity contribution in [2.75, 3.05) is 0 Å². The third kappa shape index (κ3) is 20.2. The summed E-state index contributed by atoms with van der Waals surface area (Å²) in [6.07, 6.45) is 18.4. The Morgan fingerprint density at radius 3 is 1.43 bits per heavy atom.